The molecular weight excluding hydrogens is 257 g/mol. The lowest BCUT2D eigenvalue weighted by molar-refractivity contribution is 0.185. The molecule has 2 aromatic carbocycles. The maximum Gasteiger partial charge on any atom is 0.144 e. The van der Waals surface area contributed by atoms with E-state index in [1.165, 1.54) is 19.2 Å². The Bertz CT molecular complexity index is 555. The van der Waals surface area contributed by atoms with Gasteiger partial charge in [0.15, 0.2) is 0 Å². The zero-order valence-corrected chi connectivity index (χ0v) is 11.7. The van der Waals surface area contributed by atoms with Gasteiger partial charge in [0.2, 0.25) is 0 Å². The van der Waals surface area contributed by atoms with Crippen LogP contribution in [0, 0.1) is 5.82 Å². The molecule has 0 radical (unpaired) electrons. The maximum absolute atomic E-state index is 13.1. The number of hydrogen-bond acceptors (Lipinski definition) is 3. The Morgan fingerprint density at radius 2 is 1.70 bits per heavy atom. The Balaban J connectivity index is 2.01. The highest BCUT2D eigenvalue weighted by molar-refractivity contribution is 5.56. The van der Waals surface area contributed by atoms with E-state index in [4.69, 9.17) is 9.47 Å². The molecule has 0 aromatic heterocycles. The van der Waals surface area contributed by atoms with Crippen molar-refractivity contribution in [1.29, 1.82) is 0 Å². The molecule has 20 heavy (non-hydrogen) atoms. The molecule has 0 amide bonds. The lowest BCUT2D eigenvalue weighted by atomic mass is 10.1. The first kappa shape index (κ1) is 14.3. The van der Waals surface area contributed by atoms with E-state index in [0.717, 1.165) is 16.8 Å². The van der Waals surface area contributed by atoms with Crippen molar-refractivity contribution in [3.05, 3.63) is 59.4 Å². The molecule has 0 aliphatic rings. The molecule has 0 saturated carbocycles. The number of benzene rings is 2. The molecule has 4 heteroatoms. The third-order valence-electron chi connectivity index (χ3n) is 2.98. The second kappa shape index (κ2) is 6.91. The predicted octanol–water partition coefficient (Wildman–Crippen LogP) is 3.59. The highest BCUT2D eigenvalue weighted by atomic mass is 19.1. The molecular formula is C16H18FNO2. The van der Waals surface area contributed by atoms with Crippen molar-refractivity contribution in [1.82, 2.24) is 0 Å². The Hall–Kier alpha value is -2.07. The normalized spacial score (nSPS) is 10.3. The van der Waals surface area contributed by atoms with Crippen LogP contribution in [0.2, 0.25) is 0 Å². The summed E-state index contributed by atoms with van der Waals surface area (Å²) in [5, 5.41) is 3.24. The minimum absolute atomic E-state index is 0.309. The van der Waals surface area contributed by atoms with E-state index in [-0.39, 0.29) is 5.82 Å². The molecule has 0 aliphatic carbocycles. The van der Waals surface area contributed by atoms with Crippen LogP contribution in [0.15, 0.2) is 42.5 Å². The van der Waals surface area contributed by atoms with Crippen molar-refractivity contribution in [2.24, 2.45) is 0 Å². The van der Waals surface area contributed by atoms with Gasteiger partial charge in [-0.2, -0.15) is 0 Å². The summed E-state index contributed by atoms with van der Waals surface area (Å²) in [5.41, 5.74) is 3.04. The number of halogens is 1. The van der Waals surface area contributed by atoms with E-state index in [1.807, 2.05) is 24.3 Å². The lowest BCUT2D eigenvalue weighted by Gasteiger charge is -2.11. The van der Waals surface area contributed by atoms with E-state index in [0.29, 0.717) is 18.9 Å². The zero-order valence-electron chi connectivity index (χ0n) is 11.7. The van der Waals surface area contributed by atoms with Gasteiger partial charge in [0.1, 0.15) is 11.6 Å². The fraction of sp³-hybridized carbons (Fsp3) is 0.250. The molecule has 0 saturated heterocycles. The third-order valence-corrected chi connectivity index (χ3v) is 2.98. The van der Waals surface area contributed by atoms with Crippen molar-refractivity contribution >= 4 is 5.69 Å². The second-order valence-corrected chi connectivity index (χ2v) is 4.45. The van der Waals surface area contributed by atoms with Gasteiger partial charge in [-0.05, 0) is 23.3 Å². The molecule has 0 atom stereocenters. The molecule has 3 nitrogen and oxygen atoms in total. The van der Waals surface area contributed by atoms with Crippen LogP contribution < -0.4 is 10.1 Å². The summed E-state index contributed by atoms with van der Waals surface area (Å²) in [4.78, 5) is 0. The maximum atomic E-state index is 13.1. The van der Waals surface area contributed by atoms with Gasteiger partial charge < -0.3 is 14.8 Å². The molecule has 0 spiro atoms. The van der Waals surface area contributed by atoms with Crippen LogP contribution in [0.4, 0.5) is 10.1 Å². The molecule has 0 heterocycles. The average molecular weight is 275 g/mol. The summed E-state index contributed by atoms with van der Waals surface area (Å²) in [6.07, 6.45) is 0. The standard InChI is InChI=1S/C16H18FNO2/c1-19-11-13-5-3-12(4-6-13)10-18-15-8-7-14(17)9-16(15)20-2/h3-9,18H,10-11H2,1-2H3. The minimum atomic E-state index is -0.309. The van der Waals surface area contributed by atoms with Crippen LogP contribution in [0.1, 0.15) is 11.1 Å². The molecule has 0 fully saturated rings. The van der Waals surface area contributed by atoms with Gasteiger partial charge in [-0.15, -0.1) is 0 Å². The number of anilines is 1. The predicted molar refractivity (Wildman–Crippen MR) is 77.4 cm³/mol. The van der Waals surface area contributed by atoms with Crippen LogP contribution in [-0.2, 0) is 17.9 Å². The van der Waals surface area contributed by atoms with Gasteiger partial charge in [-0.1, -0.05) is 24.3 Å². The number of nitrogens with one attached hydrogen (secondary N) is 1. The van der Waals surface area contributed by atoms with Gasteiger partial charge in [0, 0.05) is 19.7 Å². The fourth-order valence-corrected chi connectivity index (χ4v) is 1.93. The molecule has 106 valence electrons. The third kappa shape index (κ3) is 3.71. The smallest absolute Gasteiger partial charge is 0.144 e. The van der Waals surface area contributed by atoms with Crippen LogP contribution in [0.3, 0.4) is 0 Å². The van der Waals surface area contributed by atoms with E-state index in [1.54, 1.807) is 13.2 Å². The molecule has 0 bridgehead atoms. The van der Waals surface area contributed by atoms with Crippen molar-refractivity contribution in [3.8, 4) is 5.75 Å². The number of ether oxygens (including phenoxy) is 2. The van der Waals surface area contributed by atoms with Crippen molar-refractivity contribution in [2.45, 2.75) is 13.2 Å². The summed E-state index contributed by atoms with van der Waals surface area (Å²) < 4.78 is 23.3. The quantitative estimate of drug-likeness (QED) is 0.874. The van der Waals surface area contributed by atoms with Gasteiger partial charge in [0.05, 0.1) is 19.4 Å². The highest BCUT2D eigenvalue weighted by Gasteiger charge is 2.04. The van der Waals surface area contributed by atoms with Gasteiger partial charge in [-0.25, -0.2) is 4.39 Å². The number of rotatable bonds is 6. The lowest BCUT2D eigenvalue weighted by Crippen LogP contribution is -2.02. The second-order valence-electron chi connectivity index (χ2n) is 4.45. The highest BCUT2D eigenvalue weighted by Crippen LogP contribution is 2.25. The summed E-state index contributed by atoms with van der Waals surface area (Å²) in [7, 11) is 3.20. The monoisotopic (exact) mass is 275 g/mol. The first-order valence-corrected chi connectivity index (χ1v) is 6.37. The van der Waals surface area contributed by atoms with Crippen LogP contribution in [-0.4, -0.2) is 14.2 Å². The van der Waals surface area contributed by atoms with Gasteiger partial charge in [0.25, 0.3) is 0 Å². The Labute approximate surface area is 118 Å². The Kier molecular flexibility index (Phi) is 4.96. The van der Waals surface area contributed by atoms with Crippen molar-refractivity contribution < 1.29 is 13.9 Å². The molecule has 0 aliphatic heterocycles. The van der Waals surface area contributed by atoms with E-state index < -0.39 is 0 Å². The van der Waals surface area contributed by atoms with Crippen molar-refractivity contribution in [2.75, 3.05) is 19.5 Å². The number of hydrogen-bond donors (Lipinski definition) is 1. The SMILES string of the molecule is COCc1ccc(CNc2ccc(F)cc2OC)cc1. The number of methoxy groups -OCH3 is 2. The zero-order chi connectivity index (χ0) is 14.4. The first-order chi connectivity index (χ1) is 9.72. The summed E-state index contributed by atoms with van der Waals surface area (Å²) in [6, 6.07) is 12.6. The topological polar surface area (TPSA) is 30.5 Å². The van der Waals surface area contributed by atoms with E-state index in [9.17, 15) is 4.39 Å². The molecule has 0 unspecified atom stereocenters. The van der Waals surface area contributed by atoms with Crippen LogP contribution in [0.5, 0.6) is 5.75 Å². The summed E-state index contributed by atoms with van der Waals surface area (Å²) in [5.74, 6) is 0.192. The summed E-state index contributed by atoms with van der Waals surface area (Å²) >= 11 is 0. The largest absolute Gasteiger partial charge is 0.494 e. The minimum Gasteiger partial charge on any atom is -0.494 e. The fourth-order valence-electron chi connectivity index (χ4n) is 1.93. The van der Waals surface area contributed by atoms with Gasteiger partial charge in [-0.3, -0.25) is 0 Å². The van der Waals surface area contributed by atoms with Crippen molar-refractivity contribution in [3.63, 3.8) is 0 Å². The average Bonchev–Trinajstić information content (AvgIpc) is 2.47. The van der Waals surface area contributed by atoms with E-state index in [2.05, 4.69) is 5.32 Å². The van der Waals surface area contributed by atoms with Crippen LogP contribution >= 0.6 is 0 Å². The Morgan fingerprint density at radius 1 is 1.00 bits per heavy atom. The van der Waals surface area contributed by atoms with Gasteiger partial charge >= 0.3 is 0 Å². The summed E-state index contributed by atoms with van der Waals surface area (Å²) in [6.45, 7) is 1.26. The Morgan fingerprint density at radius 3 is 2.35 bits per heavy atom. The van der Waals surface area contributed by atoms with Crippen LogP contribution in [0.25, 0.3) is 0 Å². The molecule has 2 aromatic rings. The molecule has 2 rings (SSSR count). The molecule has 1 N–H and O–H groups in total. The first-order valence-electron chi connectivity index (χ1n) is 6.37. The van der Waals surface area contributed by atoms with E-state index >= 15 is 0 Å².